The largest absolute Gasteiger partial charge is 0.390 e. The predicted octanol–water partition coefficient (Wildman–Crippen LogP) is 2.65. The molecule has 108 valence electrons. The van der Waals surface area contributed by atoms with Crippen LogP contribution in [-0.4, -0.2) is 23.0 Å². The molecule has 0 aromatic heterocycles. The lowest BCUT2D eigenvalue weighted by molar-refractivity contribution is -0.115. The van der Waals surface area contributed by atoms with Gasteiger partial charge in [-0.2, -0.15) is 0 Å². The summed E-state index contributed by atoms with van der Waals surface area (Å²) in [4.78, 5) is 11.4. The second kappa shape index (κ2) is 4.93. The van der Waals surface area contributed by atoms with Crippen LogP contribution in [0.25, 0.3) is 0 Å². The number of ketones is 1. The van der Waals surface area contributed by atoms with E-state index in [1.165, 1.54) is 0 Å². The lowest BCUT2D eigenvalue weighted by atomic mass is 9.97. The molecule has 2 N–H and O–H groups in total. The van der Waals surface area contributed by atoms with Gasteiger partial charge in [-0.3, -0.25) is 4.79 Å². The van der Waals surface area contributed by atoms with Gasteiger partial charge in [-0.15, -0.1) is 0 Å². The van der Waals surface area contributed by atoms with E-state index in [4.69, 9.17) is 0 Å². The molecule has 0 amide bonds. The first-order valence-corrected chi connectivity index (χ1v) is 7.40. The van der Waals surface area contributed by atoms with Crippen LogP contribution in [0.3, 0.4) is 0 Å². The van der Waals surface area contributed by atoms with Crippen LogP contribution in [-0.2, 0) is 4.79 Å². The highest BCUT2D eigenvalue weighted by atomic mass is 16.3. The molecule has 0 saturated heterocycles. The molecular weight excluding hydrogens is 238 g/mol. The fourth-order valence-electron chi connectivity index (χ4n) is 3.38. The van der Waals surface area contributed by atoms with Crippen molar-refractivity contribution in [2.75, 3.05) is 6.54 Å². The summed E-state index contributed by atoms with van der Waals surface area (Å²) >= 11 is 0. The lowest BCUT2D eigenvalue weighted by Crippen LogP contribution is -2.23. The Balaban J connectivity index is 1.85. The van der Waals surface area contributed by atoms with Crippen molar-refractivity contribution in [2.24, 2.45) is 17.3 Å². The Hall–Kier alpha value is -0.830. The summed E-state index contributed by atoms with van der Waals surface area (Å²) in [6.07, 6.45) is 5.28. The number of carbonyl (C=O) groups is 1. The Morgan fingerprint density at radius 3 is 2.63 bits per heavy atom. The van der Waals surface area contributed by atoms with Crippen molar-refractivity contribution in [3.8, 4) is 0 Å². The molecule has 0 radical (unpaired) electrons. The van der Waals surface area contributed by atoms with Gasteiger partial charge >= 0.3 is 0 Å². The third-order valence-electron chi connectivity index (χ3n) is 4.76. The standard InChI is InChI=1S/C16H27NO2/c1-15(2,19)9-13-14(16(13,3)4)10-17-11-6-5-7-12(18)8-11/h8,13-14,17,19H,5-7,9-10H2,1-4H3. The molecule has 2 rings (SSSR count). The first kappa shape index (κ1) is 14.6. The molecule has 19 heavy (non-hydrogen) atoms. The van der Waals surface area contributed by atoms with Crippen molar-refractivity contribution in [2.45, 2.75) is 59.0 Å². The molecule has 3 heteroatoms. The molecule has 2 aliphatic rings. The highest BCUT2D eigenvalue weighted by molar-refractivity contribution is 5.91. The van der Waals surface area contributed by atoms with Crippen LogP contribution >= 0.6 is 0 Å². The van der Waals surface area contributed by atoms with Crippen LogP contribution in [0.15, 0.2) is 11.8 Å². The fourth-order valence-corrected chi connectivity index (χ4v) is 3.38. The van der Waals surface area contributed by atoms with Gasteiger partial charge in [0, 0.05) is 24.7 Å². The molecule has 0 aliphatic heterocycles. The molecule has 0 aromatic rings. The monoisotopic (exact) mass is 265 g/mol. The maximum absolute atomic E-state index is 11.4. The topological polar surface area (TPSA) is 49.3 Å². The summed E-state index contributed by atoms with van der Waals surface area (Å²) in [5, 5.41) is 13.4. The molecule has 2 aliphatic carbocycles. The van der Waals surface area contributed by atoms with Crippen LogP contribution in [0.2, 0.25) is 0 Å². The highest BCUT2D eigenvalue weighted by Crippen LogP contribution is 2.60. The van der Waals surface area contributed by atoms with Gasteiger partial charge in [0.25, 0.3) is 0 Å². The molecule has 0 spiro atoms. The summed E-state index contributed by atoms with van der Waals surface area (Å²) in [5.74, 6) is 1.41. The summed E-state index contributed by atoms with van der Waals surface area (Å²) < 4.78 is 0. The zero-order chi connectivity index (χ0) is 14.3. The third-order valence-corrected chi connectivity index (χ3v) is 4.76. The number of allylic oxidation sites excluding steroid dienone is 2. The minimum atomic E-state index is -0.587. The number of aliphatic hydroxyl groups is 1. The van der Waals surface area contributed by atoms with Gasteiger partial charge in [0.2, 0.25) is 0 Å². The second-order valence-corrected chi connectivity index (χ2v) is 7.42. The molecule has 2 unspecified atom stereocenters. The summed E-state index contributed by atoms with van der Waals surface area (Å²) in [6.45, 7) is 9.24. The molecule has 1 fully saturated rings. The van der Waals surface area contributed by atoms with E-state index in [0.717, 1.165) is 31.5 Å². The molecule has 0 aromatic carbocycles. The SMILES string of the molecule is CC(C)(O)CC1C(CNC2=CC(=O)CCC2)C1(C)C. The van der Waals surface area contributed by atoms with Gasteiger partial charge in [-0.25, -0.2) is 0 Å². The Labute approximate surface area is 116 Å². The predicted molar refractivity (Wildman–Crippen MR) is 76.6 cm³/mol. The normalized spacial score (nSPS) is 29.9. The molecule has 2 atom stereocenters. The zero-order valence-electron chi connectivity index (χ0n) is 12.6. The average Bonchev–Trinajstić information content (AvgIpc) is 2.74. The van der Waals surface area contributed by atoms with E-state index in [0.29, 0.717) is 23.7 Å². The van der Waals surface area contributed by atoms with Crippen LogP contribution < -0.4 is 5.32 Å². The number of hydrogen-bond acceptors (Lipinski definition) is 3. The average molecular weight is 265 g/mol. The number of carbonyl (C=O) groups excluding carboxylic acids is 1. The molecule has 0 heterocycles. The van der Waals surface area contributed by atoms with E-state index in [9.17, 15) is 9.90 Å². The molecule has 1 saturated carbocycles. The van der Waals surface area contributed by atoms with Gasteiger partial charge in [0.1, 0.15) is 0 Å². The van der Waals surface area contributed by atoms with Gasteiger partial charge in [0.15, 0.2) is 5.78 Å². The molecule has 0 bridgehead atoms. The highest BCUT2D eigenvalue weighted by Gasteiger charge is 2.57. The Morgan fingerprint density at radius 1 is 1.37 bits per heavy atom. The third kappa shape index (κ3) is 3.59. The number of hydrogen-bond donors (Lipinski definition) is 2. The van der Waals surface area contributed by atoms with E-state index in [1.54, 1.807) is 6.08 Å². The molecular formula is C16H27NO2. The van der Waals surface area contributed by atoms with Crippen molar-refractivity contribution in [1.82, 2.24) is 5.32 Å². The van der Waals surface area contributed by atoms with Crippen molar-refractivity contribution in [1.29, 1.82) is 0 Å². The van der Waals surface area contributed by atoms with E-state index < -0.39 is 5.60 Å². The van der Waals surface area contributed by atoms with Crippen LogP contribution in [0, 0.1) is 17.3 Å². The maximum Gasteiger partial charge on any atom is 0.157 e. The Kier molecular flexibility index (Phi) is 3.78. The summed E-state index contributed by atoms with van der Waals surface area (Å²) in [7, 11) is 0. The van der Waals surface area contributed by atoms with E-state index in [-0.39, 0.29) is 5.78 Å². The van der Waals surface area contributed by atoms with Crippen molar-refractivity contribution >= 4 is 5.78 Å². The first-order valence-electron chi connectivity index (χ1n) is 7.40. The van der Waals surface area contributed by atoms with Gasteiger partial charge in [-0.05, 0) is 50.4 Å². The van der Waals surface area contributed by atoms with Gasteiger partial charge in [0.05, 0.1) is 5.60 Å². The van der Waals surface area contributed by atoms with E-state index in [1.807, 2.05) is 13.8 Å². The summed E-state index contributed by atoms with van der Waals surface area (Å²) in [5.41, 5.74) is 0.809. The second-order valence-electron chi connectivity index (χ2n) is 7.42. The van der Waals surface area contributed by atoms with Crippen molar-refractivity contribution in [3.63, 3.8) is 0 Å². The Bertz CT molecular complexity index is 390. The lowest BCUT2D eigenvalue weighted by Gasteiger charge is -2.18. The minimum Gasteiger partial charge on any atom is -0.390 e. The van der Waals surface area contributed by atoms with Gasteiger partial charge < -0.3 is 10.4 Å². The van der Waals surface area contributed by atoms with Crippen molar-refractivity contribution in [3.05, 3.63) is 11.8 Å². The number of rotatable bonds is 5. The van der Waals surface area contributed by atoms with E-state index >= 15 is 0 Å². The molecule has 3 nitrogen and oxygen atoms in total. The van der Waals surface area contributed by atoms with Crippen LogP contribution in [0.5, 0.6) is 0 Å². The van der Waals surface area contributed by atoms with Crippen LogP contribution in [0.4, 0.5) is 0 Å². The maximum atomic E-state index is 11.4. The Morgan fingerprint density at radius 2 is 2.05 bits per heavy atom. The zero-order valence-corrected chi connectivity index (χ0v) is 12.6. The quantitative estimate of drug-likeness (QED) is 0.803. The van der Waals surface area contributed by atoms with Crippen molar-refractivity contribution < 1.29 is 9.90 Å². The number of nitrogens with one attached hydrogen (secondary N) is 1. The van der Waals surface area contributed by atoms with Gasteiger partial charge in [-0.1, -0.05) is 13.8 Å². The summed E-state index contributed by atoms with van der Waals surface area (Å²) in [6, 6.07) is 0. The van der Waals surface area contributed by atoms with E-state index in [2.05, 4.69) is 19.2 Å². The minimum absolute atomic E-state index is 0.247. The smallest absolute Gasteiger partial charge is 0.157 e. The fraction of sp³-hybridized carbons (Fsp3) is 0.812. The van der Waals surface area contributed by atoms with Crippen LogP contribution in [0.1, 0.15) is 53.4 Å². The first-order chi connectivity index (χ1) is 8.70.